The Morgan fingerprint density at radius 2 is 1.94 bits per heavy atom. The van der Waals surface area contributed by atoms with E-state index in [-0.39, 0.29) is 6.04 Å². The lowest BCUT2D eigenvalue weighted by molar-refractivity contribution is 0.704. The topological polar surface area (TPSA) is 12.0 Å². The Kier molecular flexibility index (Phi) is 4.73. The van der Waals surface area contributed by atoms with E-state index in [1.54, 1.807) is 11.3 Å². The van der Waals surface area contributed by atoms with E-state index in [9.17, 15) is 0 Å². The normalized spacial score (nSPS) is 12.7. The van der Waals surface area contributed by atoms with Crippen LogP contribution in [0.5, 0.6) is 0 Å². The molecule has 18 heavy (non-hydrogen) atoms. The molecule has 1 aromatic heterocycles. The number of aryl methyl sites for hydroxylation is 1. The van der Waals surface area contributed by atoms with Crippen molar-refractivity contribution in [3.05, 3.63) is 54.1 Å². The second-order valence-electron chi connectivity index (χ2n) is 4.00. The maximum absolute atomic E-state index is 6.18. The van der Waals surface area contributed by atoms with Gasteiger partial charge in [-0.05, 0) is 53.2 Å². The molecule has 0 spiro atoms. The summed E-state index contributed by atoms with van der Waals surface area (Å²) in [7, 11) is 1.93. The second kappa shape index (κ2) is 5.93. The summed E-state index contributed by atoms with van der Waals surface area (Å²) < 4.78 is 0.956. The van der Waals surface area contributed by atoms with E-state index in [0.717, 1.165) is 29.8 Å². The van der Waals surface area contributed by atoms with Gasteiger partial charge in [-0.15, -0.1) is 11.3 Å². The Balaban J connectivity index is 2.41. The van der Waals surface area contributed by atoms with Crippen molar-refractivity contribution in [3.8, 4) is 0 Å². The Hall–Kier alpha value is -0.0600. The van der Waals surface area contributed by atoms with Crippen LogP contribution in [0.3, 0.4) is 0 Å². The van der Waals surface area contributed by atoms with Gasteiger partial charge in [0.05, 0.1) is 14.9 Å². The Morgan fingerprint density at radius 1 is 1.22 bits per heavy atom. The third-order valence-electron chi connectivity index (χ3n) is 2.77. The third kappa shape index (κ3) is 2.91. The summed E-state index contributed by atoms with van der Waals surface area (Å²) in [6, 6.07) is 8.21. The Labute approximate surface area is 129 Å². The van der Waals surface area contributed by atoms with Crippen molar-refractivity contribution < 1.29 is 0 Å². The van der Waals surface area contributed by atoms with Gasteiger partial charge < -0.3 is 5.32 Å². The summed E-state index contributed by atoms with van der Waals surface area (Å²) in [6.07, 6.45) is 0. The number of rotatable bonds is 3. The fourth-order valence-corrected chi connectivity index (χ4v) is 3.84. The summed E-state index contributed by atoms with van der Waals surface area (Å²) in [5.74, 6) is 0. The first-order valence-electron chi connectivity index (χ1n) is 5.41. The van der Waals surface area contributed by atoms with Crippen LogP contribution in [0.4, 0.5) is 0 Å². The van der Waals surface area contributed by atoms with Crippen LogP contribution in [-0.4, -0.2) is 7.05 Å². The molecule has 1 aromatic carbocycles. The van der Waals surface area contributed by atoms with Crippen molar-refractivity contribution in [2.45, 2.75) is 13.0 Å². The van der Waals surface area contributed by atoms with Gasteiger partial charge in [-0.3, -0.25) is 0 Å². The zero-order chi connectivity index (χ0) is 13.3. The molecule has 0 fully saturated rings. The fourth-order valence-electron chi connectivity index (χ4n) is 1.77. The van der Waals surface area contributed by atoms with E-state index in [1.165, 1.54) is 0 Å². The average molecular weight is 365 g/mol. The van der Waals surface area contributed by atoms with Gasteiger partial charge in [0.2, 0.25) is 0 Å². The minimum Gasteiger partial charge on any atom is -0.309 e. The minimum absolute atomic E-state index is 0.108. The summed E-state index contributed by atoms with van der Waals surface area (Å²) in [6.45, 7) is 2.00. The Morgan fingerprint density at radius 3 is 2.44 bits per heavy atom. The molecular formula is C13H12BrCl2NS. The quantitative estimate of drug-likeness (QED) is 0.765. The van der Waals surface area contributed by atoms with Crippen LogP contribution in [-0.2, 0) is 0 Å². The van der Waals surface area contributed by atoms with Gasteiger partial charge in [0.25, 0.3) is 0 Å². The lowest BCUT2D eigenvalue weighted by Crippen LogP contribution is -2.16. The zero-order valence-electron chi connectivity index (χ0n) is 9.93. The maximum Gasteiger partial charge on any atom is 0.0888 e. The highest BCUT2D eigenvalue weighted by Crippen LogP contribution is 2.37. The van der Waals surface area contributed by atoms with Gasteiger partial charge in [0, 0.05) is 9.90 Å². The van der Waals surface area contributed by atoms with E-state index >= 15 is 0 Å². The molecule has 5 heteroatoms. The molecule has 1 heterocycles. The number of benzene rings is 1. The van der Waals surface area contributed by atoms with Gasteiger partial charge in [0.15, 0.2) is 0 Å². The SMILES string of the molecule is CNC(c1ccc(C)c(Cl)c1)c1cc(Cl)c(Br)s1. The van der Waals surface area contributed by atoms with Crippen LogP contribution in [0.15, 0.2) is 28.1 Å². The summed E-state index contributed by atoms with van der Waals surface area (Å²) >= 11 is 17.3. The van der Waals surface area contributed by atoms with Crippen molar-refractivity contribution in [3.63, 3.8) is 0 Å². The van der Waals surface area contributed by atoms with Crippen LogP contribution in [0.2, 0.25) is 10.0 Å². The smallest absolute Gasteiger partial charge is 0.0888 e. The van der Waals surface area contributed by atoms with E-state index in [0.29, 0.717) is 0 Å². The van der Waals surface area contributed by atoms with Crippen LogP contribution in [0.25, 0.3) is 0 Å². The molecule has 0 aliphatic carbocycles. The first-order valence-corrected chi connectivity index (χ1v) is 7.77. The van der Waals surface area contributed by atoms with Crippen molar-refractivity contribution in [2.24, 2.45) is 0 Å². The summed E-state index contributed by atoms with van der Waals surface area (Å²) in [4.78, 5) is 1.16. The molecule has 1 atom stereocenters. The van der Waals surface area contributed by atoms with Crippen molar-refractivity contribution >= 4 is 50.5 Å². The Bertz CT molecular complexity index is 549. The van der Waals surface area contributed by atoms with Crippen molar-refractivity contribution in [1.82, 2.24) is 5.32 Å². The van der Waals surface area contributed by atoms with Gasteiger partial charge in [-0.1, -0.05) is 35.3 Å². The molecule has 2 rings (SSSR count). The van der Waals surface area contributed by atoms with E-state index < -0.39 is 0 Å². The van der Waals surface area contributed by atoms with Gasteiger partial charge in [-0.25, -0.2) is 0 Å². The van der Waals surface area contributed by atoms with Crippen LogP contribution < -0.4 is 5.32 Å². The lowest BCUT2D eigenvalue weighted by Gasteiger charge is -2.15. The molecule has 0 radical (unpaired) electrons. The van der Waals surface area contributed by atoms with Crippen molar-refractivity contribution in [2.75, 3.05) is 7.05 Å². The van der Waals surface area contributed by atoms with Crippen LogP contribution in [0, 0.1) is 6.92 Å². The molecule has 0 saturated heterocycles. The first-order chi connectivity index (χ1) is 8.52. The number of hydrogen-bond donors (Lipinski definition) is 1. The van der Waals surface area contributed by atoms with Gasteiger partial charge in [0.1, 0.15) is 0 Å². The fraction of sp³-hybridized carbons (Fsp3) is 0.231. The van der Waals surface area contributed by atoms with Crippen LogP contribution >= 0.6 is 50.5 Å². The van der Waals surface area contributed by atoms with E-state index in [2.05, 4.69) is 27.3 Å². The molecule has 0 bridgehead atoms. The predicted molar refractivity (Wildman–Crippen MR) is 84.1 cm³/mol. The van der Waals surface area contributed by atoms with Crippen molar-refractivity contribution in [1.29, 1.82) is 0 Å². The second-order valence-corrected chi connectivity index (χ2v) is 7.22. The maximum atomic E-state index is 6.18. The highest BCUT2D eigenvalue weighted by atomic mass is 79.9. The van der Waals surface area contributed by atoms with Crippen LogP contribution in [0.1, 0.15) is 22.0 Å². The summed E-state index contributed by atoms with van der Waals surface area (Å²) in [5, 5.41) is 4.82. The highest BCUT2D eigenvalue weighted by molar-refractivity contribution is 9.11. The third-order valence-corrected chi connectivity index (χ3v) is 5.71. The summed E-state index contributed by atoms with van der Waals surface area (Å²) in [5.41, 5.74) is 2.22. The standard InChI is InChI=1S/C13H12BrCl2NS/c1-7-3-4-8(5-9(7)15)12(17-2)11-6-10(16)13(14)18-11/h3-6,12,17H,1-2H3. The predicted octanol–water partition coefficient (Wildman–Crippen LogP) is 5.43. The van der Waals surface area contributed by atoms with E-state index in [1.807, 2.05) is 32.2 Å². The molecule has 0 aliphatic heterocycles. The molecule has 1 unspecified atom stereocenters. The highest BCUT2D eigenvalue weighted by Gasteiger charge is 2.17. The number of thiophene rings is 1. The molecule has 0 amide bonds. The molecule has 1 nitrogen and oxygen atoms in total. The minimum atomic E-state index is 0.108. The number of hydrogen-bond acceptors (Lipinski definition) is 2. The molecule has 96 valence electrons. The molecule has 0 saturated carbocycles. The zero-order valence-corrected chi connectivity index (χ0v) is 13.8. The monoisotopic (exact) mass is 363 g/mol. The van der Waals surface area contributed by atoms with E-state index in [4.69, 9.17) is 23.2 Å². The average Bonchev–Trinajstić information content (AvgIpc) is 2.65. The lowest BCUT2D eigenvalue weighted by atomic mass is 10.0. The molecule has 0 aliphatic rings. The molecular weight excluding hydrogens is 353 g/mol. The molecule has 2 aromatic rings. The first kappa shape index (κ1) is 14.4. The largest absolute Gasteiger partial charge is 0.309 e. The van der Waals surface area contributed by atoms with Gasteiger partial charge in [-0.2, -0.15) is 0 Å². The number of halogens is 3. The molecule has 1 N–H and O–H groups in total. The van der Waals surface area contributed by atoms with Gasteiger partial charge >= 0.3 is 0 Å². The number of nitrogens with one attached hydrogen (secondary N) is 1.